The summed E-state index contributed by atoms with van der Waals surface area (Å²) < 4.78 is 1.61. The Hall–Kier alpha value is -3.42. The van der Waals surface area contributed by atoms with E-state index in [2.05, 4.69) is 22.2 Å². The van der Waals surface area contributed by atoms with Crippen LogP contribution in [0.25, 0.3) is 10.9 Å². The van der Waals surface area contributed by atoms with Crippen molar-refractivity contribution in [2.45, 2.75) is 26.3 Å². The minimum Gasteiger partial charge on any atom is -0.369 e. The van der Waals surface area contributed by atoms with Gasteiger partial charge in [-0.15, -0.1) is 0 Å². The number of anilines is 2. The lowest BCUT2D eigenvalue weighted by Crippen LogP contribution is -2.23. The van der Waals surface area contributed by atoms with Crippen molar-refractivity contribution in [2.24, 2.45) is 0 Å². The average Bonchev–Trinajstić information content (AvgIpc) is 2.70. The van der Waals surface area contributed by atoms with Crippen LogP contribution in [0, 0.1) is 0 Å². The van der Waals surface area contributed by atoms with E-state index in [4.69, 9.17) is 5.73 Å². The number of fused-ring (bicyclic) bond motifs is 1. The standard InChI is InChI=1S/C21H26N6O2/c1-4-5-11-23-18-17-16(24-21(22)25-18)10-12-27(20(17)29)13-14-6-8-15(9-7-14)19(28)26(2)3/h6-10,12H,4-5,11,13H2,1-3H3,(H3,22,23,24,25). The third-order valence-electron chi connectivity index (χ3n) is 4.62. The summed E-state index contributed by atoms with van der Waals surface area (Å²) >= 11 is 0. The lowest BCUT2D eigenvalue weighted by Gasteiger charge is -2.12. The van der Waals surface area contributed by atoms with Gasteiger partial charge >= 0.3 is 0 Å². The van der Waals surface area contributed by atoms with Crippen LogP contribution in [0.2, 0.25) is 0 Å². The smallest absolute Gasteiger partial charge is 0.264 e. The van der Waals surface area contributed by atoms with Gasteiger partial charge in [0, 0.05) is 32.4 Å². The van der Waals surface area contributed by atoms with E-state index in [1.165, 1.54) is 4.90 Å². The van der Waals surface area contributed by atoms with Crippen molar-refractivity contribution in [3.05, 3.63) is 58.0 Å². The highest BCUT2D eigenvalue weighted by Gasteiger charge is 2.13. The number of benzene rings is 1. The number of rotatable bonds is 7. The molecule has 3 rings (SSSR count). The summed E-state index contributed by atoms with van der Waals surface area (Å²) in [5.74, 6) is 0.541. The number of aromatic nitrogens is 3. The summed E-state index contributed by atoms with van der Waals surface area (Å²) in [5.41, 5.74) is 7.65. The number of nitrogens with two attached hydrogens (primary N) is 1. The van der Waals surface area contributed by atoms with Crippen molar-refractivity contribution in [2.75, 3.05) is 31.7 Å². The Labute approximate surface area is 169 Å². The number of nitrogens with one attached hydrogen (secondary N) is 1. The van der Waals surface area contributed by atoms with Crippen LogP contribution >= 0.6 is 0 Å². The van der Waals surface area contributed by atoms with Crippen molar-refractivity contribution >= 4 is 28.6 Å². The summed E-state index contributed by atoms with van der Waals surface area (Å²) in [6.07, 6.45) is 3.69. The van der Waals surface area contributed by atoms with Gasteiger partial charge < -0.3 is 20.5 Å². The van der Waals surface area contributed by atoms with E-state index >= 15 is 0 Å². The number of hydrogen-bond donors (Lipinski definition) is 2. The molecule has 0 saturated heterocycles. The first-order valence-corrected chi connectivity index (χ1v) is 9.62. The van der Waals surface area contributed by atoms with Gasteiger partial charge in [0.15, 0.2) is 0 Å². The van der Waals surface area contributed by atoms with Crippen LogP contribution in [0.15, 0.2) is 41.3 Å². The van der Waals surface area contributed by atoms with E-state index in [1.54, 1.807) is 43.1 Å². The molecule has 1 aromatic carbocycles. The normalized spacial score (nSPS) is 10.9. The van der Waals surface area contributed by atoms with Crippen LogP contribution in [-0.2, 0) is 6.54 Å². The second kappa shape index (κ2) is 8.72. The lowest BCUT2D eigenvalue weighted by molar-refractivity contribution is 0.0827. The van der Waals surface area contributed by atoms with E-state index < -0.39 is 0 Å². The molecule has 0 bridgehead atoms. The van der Waals surface area contributed by atoms with Crippen molar-refractivity contribution in [1.82, 2.24) is 19.4 Å². The number of carbonyl (C=O) groups is 1. The van der Waals surface area contributed by atoms with Gasteiger partial charge in [-0.25, -0.2) is 4.98 Å². The molecule has 0 aliphatic rings. The third-order valence-corrected chi connectivity index (χ3v) is 4.62. The predicted molar refractivity (Wildman–Crippen MR) is 115 cm³/mol. The molecule has 0 saturated carbocycles. The summed E-state index contributed by atoms with van der Waals surface area (Å²) in [7, 11) is 3.43. The Morgan fingerprint density at radius 1 is 1.17 bits per heavy atom. The second-order valence-corrected chi connectivity index (χ2v) is 7.12. The van der Waals surface area contributed by atoms with Crippen molar-refractivity contribution in [3.63, 3.8) is 0 Å². The molecule has 2 aromatic heterocycles. The highest BCUT2D eigenvalue weighted by molar-refractivity contribution is 5.93. The first kappa shape index (κ1) is 20.3. The monoisotopic (exact) mass is 394 g/mol. The molecule has 0 spiro atoms. The zero-order chi connectivity index (χ0) is 21.0. The van der Waals surface area contributed by atoms with Gasteiger partial charge in [-0.3, -0.25) is 9.59 Å². The van der Waals surface area contributed by atoms with Gasteiger partial charge in [-0.2, -0.15) is 4.98 Å². The fourth-order valence-corrected chi connectivity index (χ4v) is 3.04. The molecule has 0 aliphatic carbocycles. The number of pyridine rings is 1. The van der Waals surface area contributed by atoms with Gasteiger partial charge in [0.1, 0.15) is 11.2 Å². The average molecular weight is 394 g/mol. The maximum absolute atomic E-state index is 13.1. The number of unbranched alkanes of at least 4 members (excludes halogenated alkanes) is 1. The van der Waals surface area contributed by atoms with E-state index in [0.29, 0.717) is 35.4 Å². The zero-order valence-electron chi connectivity index (χ0n) is 17.0. The molecular weight excluding hydrogens is 368 g/mol. The van der Waals surface area contributed by atoms with Gasteiger partial charge in [0.2, 0.25) is 5.95 Å². The molecule has 0 unspecified atom stereocenters. The maximum atomic E-state index is 13.1. The fourth-order valence-electron chi connectivity index (χ4n) is 3.04. The minimum absolute atomic E-state index is 0.0584. The van der Waals surface area contributed by atoms with Crippen LogP contribution in [0.4, 0.5) is 11.8 Å². The van der Waals surface area contributed by atoms with Crippen LogP contribution in [-0.4, -0.2) is 46.0 Å². The molecule has 8 heteroatoms. The molecule has 2 heterocycles. The first-order valence-electron chi connectivity index (χ1n) is 9.62. The number of nitrogen functional groups attached to an aromatic ring is 1. The molecule has 3 aromatic rings. The summed E-state index contributed by atoms with van der Waals surface area (Å²) in [5, 5.41) is 3.63. The number of carbonyl (C=O) groups excluding carboxylic acids is 1. The maximum Gasteiger partial charge on any atom is 0.264 e. The summed E-state index contributed by atoms with van der Waals surface area (Å²) in [4.78, 5) is 35.1. The molecule has 0 atom stereocenters. The van der Waals surface area contributed by atoms with Gasteiger partial charge in [-0.05, 0) is 30.2 Å². The largest absolute Gasteiger partial charge is 0.369 e. The minimum atomic E-state index is -0.185. The van der Waals surface area contributed by atoms with Gasteiger partial charge in [-0.1, -0.05) is 25.5 Å². The van der Waals surface area contributed by atoms with Crippen LogP contribution in [0.5, 0.6) is 0 Å². The number of amides is 1. The van der Waals surface area contributed by atoms with E-state index in [1.807, 2.05) is 12.1 Å². The third kappa shape index (κ3) is 4.53. The molecule has 1 amide bonds. The van der Waals surface area contributed by atoms with Crippen LogP contribution in [0.1, 0.15) is 35.7 Å². The second-order valence-electron chi connectivity index (χ2n) is 7.12. The SMILES string of the molecule is CCCCNc1nc(N)nc2ccn(Cc3ccc(C(=O)N(C)C)cc3)c(=O)c12. The van der Waals surface area contributed by atoms with E-state index in [-0.39, 0.29) is 17.4 Å². The Kier molecular flexibility index (Phi) is 6.11. The number of hydrogen-bond acceptors (Lipinski definition) is 6. The summed E-state index contributed by atoms with van der Waals surface area (Å²) in [6.45, 7) is 3.18. The van der Waals surface area contributed by atoms with Crippen molar-refractivity contribution in [3.8, 4) is 0 Å². The fraction of sp³-hybridized carbons (Fsp3) is 0.333. The highest BCUT2D eigenvalue weighted by atomic mass is 16.2. The molecule has 152 valence electrons. The molecule has 0 fully saturated rings. The quantitative estimate of drug-likeness (QED) is 0.596. The molecular formula is C21H26N6O2. The molecule has 29 heavy (non-hydrogen) atoms. The topological polar surface area (TPSA) is 106 Å². The van der Waals surface area contributed by atoms with Crippen molar-refractivity contribution in [1.29, 1.82) is 0 Å². The Morgan fingerprint density at radius 3 is 2.55 bits per heavy atom. The van der Waals surface area contributed by atoms with E-state index in [9.17, 15) is 9.59 Å². The van der Waals surface area contributed by atoms with E-state index in [0.717, 1.165) is 18.4 Å². The first-order chi connectivity index (χ1) is 13.9. The number of nitrogens with zero attached hydrogens (tertiary/aromatic N) is 4. The Morgan fingerprint density at radius 2 is 1.90 bits per heavy atom. The summed E-state index contributed by atoms with van der Waals surface area (Å²) in [6, 6.07) is 9.01. The highest BCUT2D eigenvalue weighted by Crippen LogP contribution is 2.18. The molecule has 3 N–H and O–H groups in total. The molecule has 0 radical (unpaired) electrons. The lowest BCUT2D eigenvalue weighted by atomic mass is 10.1. The zero-order valence-corrected chi connectivity index (χ0v) is 17.0. The van der Waals surface area contributed by atoms with Crippen LogP contribution in [0.3, 0.4) is 0 Å². The van der Waals surface area contributed by atoms with Crippen molar-refractivity contribution < 1.29 is 4.79 Å². The predicted octanol–water partition coefficient (Wildman–Crippen LogP) is 2.34. The van der Waals surface area contributed by atoms with Crippen LogP contribution < -0.4 is 16.6 Å². The van der Waals surface area contributed by atoms with Gasteiger partial charge in [0.05, 0.1) is 12.1 Å². The Balaban J connectivity index is 1.93. The molecule has 0 aliphatic heterocycles. The van der Waals surface area contributed by atoms with Gasteiger partial charge in [0.25, 0.3) is 11.5 Å². The Bertz CT molecular complexity index is 1070. The molecule has 8 nitrogen and oxygen atoms in total.